The van der Waals surface area contributed by atoms with Gasteiger partial charge in [-0.3, -0.25) is 9.59 Å². The van der Waals surface area contributed by atoms with E-state index in [1.54, 1.807) is 18.2 Å². The number of carbonyl (C=O) groups excluding carboxylic acids is 2. The van der Waals surface area contributed by atoms with Crippen LogP contribution in [0.5, 0.6) is 5.88 Å². The molecule has 6 nitrogen and oxygen atoms in total. The maximum atomic E-state index is 13.4. The predicted octanol–water partition coefficient (Wildman–Crippen LogP) is 2.55. The number of methoxy groups -OCH3 is 1. The Bertz CT molecular complexity index is 854. The smallest absolute Gasteiger partial charge is 0.266 e. The third-order valence-corrected chi connectivity index (χ3v) is 4.78. The average molecular weight is 393 g/mol. The van der Waals surface area contributed by atoms with E-state index in [9.17, 15) is 19.1 Å². The van der Waals surface area contributed by atoms with Gasteiger partial charge in [-0.15, -0.1) is 0 Å². The molecular weight excluding hydrogens is 375 g/mol. The molecule has 1 aromatic heterocycles. The highest BCUT2D eigenvalue weighted by Crippen LogP contribution is 2.30. The van der Waals surface area contributed by atoms with E-state index in [1.807, 2.05) is 0 Å². The molecule has 0 saturated carbocycles. The van der Waals surface area contributed by atoms with Gasteiger partial charge in [0.2, 0.25) is 11.5 Å². The van der Waals surface area contributed by atoms with Crippen molar-refractivity contribution >= 4 is 29.0 Å². The fourth-order valence-corrected chi connectivity index (χ4v) is 3.33. The lowest BCUT2D eigenvalue weighted by atomic mass is 9.92. The Labute approximate surface area is 160 Å². The number of carbonyl (C=O) groups is 2. The second-order valence-electron chi connectivity index (χ2n) is 6.33. The number of amides is 1. The molecule has 1 saturated heterocycles. The zero-order valence-corrected chi connectivity index (χ0v) is 15.4. The van der Waals surface area contributed by atoms with Gasteiger partial charge < -0.3 is 14.7 Å². The molecule has 1 atom stereocenters. The first kappa shape index (κ1) is 19.3. The highest BCUT2D eigenvalue weighted by molar-refractivity contribution is 6.30. The Morgan fingerprint density at radius 1 is 1.41 bits per heavy atom. The number of hydrogen-bond donors (Lipinski definition) is 1. The summed E-state index contributed by atoms with van der Waals surface area (Å²) < 4.78 is 18.4. The maximum Gasteiger partial charge on any atom is 0.266 e. The van der Waals surface area contributed by atoms with Crippen LogP contribution in [0, 0.1) is 5.82 Å². The molecule has 8 heteroatoms. The van der Waals surface area contributed by atoms with Crippen LogP contribution in [0.15, 0.2) is 36.5 Å². The third kappa shape index (κ3) is 3.94. The molecule has 2 heterocycles. The number of rotatable bonds is 6. The molecule has 1 fully saturated rings. The molecule has 3 rings (SSSR count). The van der Waals surface area contributed by atoms with Gasteiger partial charge in [-0.1, -0.05) is 11.6 Å². The molecule has 2 aromatic rings. The number of ketones is 1. The van der Waals surface area contributed by atoms with E-state index in [2.05, 4.69) is 4.98 Å². The zero-order valence-electron chi connectivity index (χ0n) is 14.6. The van der Waals surface area contributed by atoms with Crippen LogP contribution in [0.25, 0.3) is 0 Å². The van der Waals surface area contributed by atoms with Crippen molar-refractivity contribution in [1.29, 1.82) is 0 Å². The van der Waals surface area contributed by atoms with E-state index >= 15 is 0 Å². The zero-order chi connectivity index (χ0) is 19.6. The Morgan fingerprint density at radius 2 is 2.19 bits per heavy atom. The second kappa shape index (κ2) is 7.62. The fourth-order valence-electron chi connectivity index (χ4n) is 3.08. The minimum Gasteiger partial charge on any atom is -0.481 e. The first-order valence-electron chi connectivity index (χ1n) is 8.36. The minimum atomic E-state index is -2.09. The molecule has 1 unspecified atom stereocenters. The number of pyridine rings is 1. The summed E-state index contributed by atoms with van der Waals surface area (Å²) in [6, 6.07) is 7.22. The Kier molecular flexibility index (Phi) is 5.43. The highest BCUT2D eigenvalue weighted by atomic mass is 35.5. The number of ether oxygens (including phenoxy) is 1. The molecule has 0 aliphatic carbocycles. The lowest BCUT2D eigenvalue weighted by Crippen LogP contribution is -2.47. The Hall–Kier alpha value is -2.51. The van der Waals surface area contributed by atoms with Crippen molar-refractivity contribution in [3.05, 3.63) is 52.9 Å². The van der Waals surface area contributed by atoms with Crippen molar-refractivity contribution < 1.29 is 23.8 Å². The summed E-state index contributed by atoms with van der Waals surface area (Å²) >= 11 is 5.80. The third-order valence-electron chi connectivity index (χ3n) is 4.56. The van der Waals surface area contributed by atoms with Crippen LogP contribution in [0.4, 0.5) is 10.1 Å². The van der Waals surface area contributed by atoms with Gasteiger partial charge in [0.15, 0.2) is 5.78 Å². The van der Waals surface area contributed by atoms with Gasteiger partial charge in [0, 0.05) is 30.5 Å². The van der Waals surface area contributed by atoms with E-state index in [0.717, 1.165) is 0 Å². The van der Waals surface area contributed by atoms with E-state index in [0.29, 0.717) is 17.1 Å². The second-order valence-corrected chi connectivity index (χ2v) is 6.76. The number of nitrogens with zero attached hydrogens (tertiary/aromatic N) is 2. The molecule has 1 N–H and O–H groups in total. The molecule has 142 valence electrons. The van der Waals surface area contributed by atoms with Gasteiger partial charge in [-0.25, -0.2) is 9.37 Å². The normalized spacial score (nSPS) is 19.4. The number of benzene rings is 1. The first-order valence-corrected chi connectivity index (χ1v) is 8.74. The summed E-state index contributed by atoms with van der Waals surface area (Å²) in [5.41, 5.74) is -1.09. The number of halogens is 2. The number of aryl methyl sites for hydroxylation is 1. The Balaban J connectivity index is 1.69. The first-order chi connectivity index (χ1) is 12.8. The van der Waals surface area contributed by atoms with E-state index in [4.69, 9.17) is 16.3 Å². The van der Waals surface area contributed by atoms with Crippen molar-refractivity contribution in [3.8, 4) is 5.88 Å². The number of hydrogen-bond acceptors (Lipinski definition) is 5. The molecular formula is C19H18ClFN2O4. The van der Waals surface area contributed by atoms with Gasteiger partial charge in [0.25, 0.3) is 5.91 Å². The number of Topliss-reactive ketones (excluding diaryl/α,β-unsaturated/α-hetero) is 1. The van der Waals surface area contributed by atoms with Crippen molar-refractivity contribution in [2.75, 3.05) is 18.6 Å². The summed E-state index contributed by atoms with van der Waals surface area (Å²) in [4.78, 5) is 30.5. The average Bonchev–Trinajstić information content (AvgIpc) is 2.95. The Morgan fingerprint density at radius 3 is 2.81 bits per heavy atom. The van der Waals surface area contributed by atoms with Crippen LogP contribution in [0.1, 0.15) is 18.4 Å². The van der Waals surface area contributed by atoms with Crippen molar-refractivity contribution in [1.82, 2.24) is 4.98 Å². The van der Waals surface area contributed by atoms with Crippen molar-refractivity contribution in [2.45, 2.75) is 24.9 Å². The standard InChI is InChI=1S/C19H18ClFN2O4/c1-27-17-5-3-15(11-22-17)23-7-6-19(26,18(23)25)16(24)4-2-12-8-13(20)10-14(21)9-12/h3,5,8-11,26H,2,4,6-7H2,1H3. The van der Waals surface area contributed by atoms with Gasteiger partial charge >= 0.3 is 0 Å². The maximum absolute atomic E-state index is 13.4. The fraction of sp³-hybridized carbons (Fsp3) is 0.316. The molecule has 1 amide bonds. The van der Waals surface area contributed by atoms with Crippen molar-refractivity contribution in [3.63, 3.8) is 0 Å². The van der Waals surface area contributed by atoms with E-state index < -0.39 is 23.1 Å². The van der Waals surface area contributed by atoms with Gasteiger partial charge in [-0.2, -0.15) is 0 Å². The summed E-state index contributed by atoms with van der Waals surface area (Å²) in [7, 11) is 1.48. The topological polar surface area (TPSA) is 79.7 Å². The van der Waals surface area contributed by atoms with Crippen LogP contribution >= 0.6 is 11.6 Å². The summed E-state index contributed by atoms with van der Waals surface area (Å²) in [5.74, 6) is -1.39. The summed E-state index contributed by atoms with van der Waals surface area (Å²) in [5, 5.41) is 10.9. The van der Waals surface area contributed by atoms with E-state index in [1.165, 1.54) is 30.3 Å². The van der Waals surface area contributed by atoms with Crippen LogP contribution in [-0.4, -0.2) is 41.0 Å². The number of anilines is 1. The number of aromatic nitrogens is 1. The lowest BCUT2D eigenvalue weighted by Gasteiger charge is -2.21. The van der Waals surface area contributed by atoms with Gasteiger partial charge in [0.1, 0.15) is 5.82 Å². The molecule has 1 aliphatic rings. The van der Waals surface area contributed by atoms with Crippen LogP contribution in [-0.2, 0) is 16.0 Å². The van der Waals surface area contributed by atoms with Crippen LogP contribution in [0.3, 0.4) is 0 Å². The van der Waals surface area contributed by atoms with Gasteiger partial charge in [0.05, 0.1) is 19.0 Å². The molecule has 0 radical (unpaired) electrons. The van der Waals surface area contributed by atoms with Gasteiger partial charge in [-0.05, 0) is 36.2 Å². The SMILES string of the molecule is COc1ccc(N2CCC(O)(C(=O)CCc3cc(F)cc(Cl)c3)C2=O)cn1. The van der Waals surface area contributed by atoms with Crippen LogP contribution < -0.4 is 9.64 Å². The summed E-state index contributed by atoms with van der Waals surface area (Å²) in [6.45, 7) is 0.195. The molecule has 0 bridgehead atoms. The number of aliphatic hydroxyl groups is 1. The largest absolute Gasteiger partial charge is 0.481 e. The predicted molar refractivity (Wildman–Crippen MR) is 97.4 cm³/mol. The quantitative estimate of drug-likeness (QED) is 0.764. The lowest BCUT2D eigenvalue weighted by molar-refractivity contribution is -0.147. The molecule has 0 spiro atoms. The molecule has 1 aromatic carbocycles. The minimum absolute atomic E-state index is 0.0133. The molecule has 27 heavy (non-hydrogen) atoms. The van der Waals surface area contributed by atoms with Crippen LogP contribution in [0.2, 0.25) is 5.02 Å². The highest BCUT2D eigenvalue weighted by Gasteiger charge is 2.50. The molecule has 1 aliphatic heterocycles. The summed E-state index contributed by atoms with van der Waals surface area (Å²) in [6.07, 6.45) is 1.51. The van der Waals surface area contributed by atoms with Crippen molar-refractivity contribution in [2.24, 2.45) is 0 Å². The monoisotopic (exact) mass is 392 g/mol. The van der Waals surface area contributed by atoms with E-state index in [-0.39, 0.29) is 30.8 Å².